The van der Waals surface area contributed by atoms with Gasteiger partial charge in [-0.15, -0.1) is 0 Å². The van der Waals surface area contributed by atoms with Gasteiger partial charge in [-0.1, -0.05) is 48.0 Å². The lowest BCUT2D eigenvalue weighted by Gasteiger charge is -2.27. The van der Waals surface area contributed by atoms with Crippen LogP contribution in [0.2, 0.25) is 0 Å². The Kier molecular flexibility index (Phi) is 7.32. The fourth-order valence-corrected chi connectivity index (χ4v) is 5.76. The second kappa shape index (κ2) is 10.4. The number of anilines is 2. The molecule has 36 heavy (non-hydrogen) atoms. The highest BCUT2D eigenvalue weighted by Crippen LogP contribution is 2.30. The molecule has 0 saturated carbocycles. The molecule has 1 atom stereocenters. The van der Waals surface area contributed by atoms with Gasteiger partial charge in [0.1, 0.15) is 6.04 Å². The smallest absolute Gasteiger partial charge is 0.252 e. The van der Waals surface area contributed by atoms with Crippen LogP contribution in [0.25, 0.3) is 0 Å². The zero-order valence-corrected chi connectivity index (χ0v) is 20.9. The Hall–Kier alpha value is -3.82. The van der Waals surface area contributed by atoms with Gasteiger partial charge in [-0.3, -0.25) is 14.4 Å². The fraction of sp³-hybridized carbons (Fsp3) is 0.222. The molecule has 0 spiro atoms. The maximum Gasteiger partial charge on any atom is 0.252 e. The van der Waals surface area contributed by atoms with Crippen LogP contribution in [-0.2, 0) is 30.8 Å². The van der Waals surface area contributed by atoms with E-state index in [1.54, 1.807) is 24.3 Å². The zero-order chi connectivity index (χ0) is 25.9. The van der Waals surface area contributed by atoms with Crippen molar-refractivity contribution in [3.05, 3.63) is 90.0 Å². The molecular weight excluding hydrogens is 478 g/mol. The van der Waals surface area contributed by atoms with Crippen LogP contribution < -0.4 is 10.2 Å². The molecule has 1 heterocycles. The van der Waals surface area contributed by atoms with Crippen molar-refractivity contribution in [1.82, 2.24) is 4.31 Å². The monoisotopic (exact) mass is 505 g/mol. The minimum atomic E-state index is -4.15. The van der Waals surface area contributed by atoms with E-state index >= 15 is 0 Å². The van der Waals surface area contributed by atoms with Gasteiger partial charge in [0, 0.05) is 19.2 Å². The summed E-state index contributed by atoms with van der Waals surface area (Å²) in [6, 6.07) is 20.9. The number of hydrogen-bond donors (Lipinski definition) is 1. The van der Waals surface area contributed by atoms with Crippen molar-refractivity contribution in [2.75, 3.05) is 16.8 Å². The Morgan fingerprint density at radius 3 is 2.22 bits per heavy atom. The third-order valence-corrected chi connectivity index (χ3v) is 7.93. The van der Waals surface area contributed by atoms with Crippen molar-refractivity contribution in [2.45, 2.75) is 37.6 Å². The number of imide groups is 1. The Bertz CT molecular complexity index is 1370. The number of sulfonamides is 1. The summed E-state index contributed by atoms with van der Waals surface area (Å²) >= 11 is 0. The summed E-state index contributed by atoms with van der Waals surface area (Å²) in [5.41, 5.74) is 2.75. The molecule has 1 saturated heterocycles. The maximum absolute atomic E-state index is 13.8. The van der Waals surface area contributed by atoms with E-state index in [2.05, 4.69) is 5.32 Å². The Morgan fingerprint density at radius 1 is 0.972 bits per heavy atom. The van der Waals surface area contributed by atoms with Gasteiger partial charge >= 0.3 is 0 Å². The van der Waals surface area contributed by atoms with Crippen LogP contribution in [0.15, 0.2) is 83.8 Å². The highest BCUT2D eigenvalue weighted by molar-refractivity contribution is 7.89. The number of carbonyl (C=O) groups is 3. The molecule has 3 aromatic carbocycles. The van der Waals surface area contributed by atoms with Gasteiger partial charge in [-0.25, -0.2) is 13.3 Å². The summed E-state index contributed by atoms with van der Waals surface area (Å²) in [5.74, 6) is -1.30. The third-order valence-electron chi connectivity index (χ3n) is 6.01. The minimum Gasteiger partial charge on any atom is -0.326 e. The number of carbonyl (C=O) groups excluding carboxylic acids is 3. The Morgan fingerprint density at radius 2 is 1.61 bits per heavy atom. The van der Waals surface area contributed by atoms with E-state index in [1.807, 2.05) is 37.3 Å². The van der Waals surface area contributed by atoms with Gasteiger partial charge < -0.3 is 5.32 Å². The lowest BCUT2D eigenvalue weighted by atomic mass is 10.1. The van der Waals surface area contributed by atoms with E-state index in [4.69, 9.17) is 0 Å². The Balaban J connectivity index is 1.67. The van der Waals surface area contributed by atoms with Crippen molar-refractivity contribution >= 4 is 39.1 Å². The molecule has 3 amide bonds. The quantitative estimate of drug-likeness (QED) is 0.472. The average molecular weight is 506 g/mol. The molecule has 1 aliphatic heterocycles. The molecule has 8 nitrogen and oxygen atoms in total. The predicted molar refractivity (Wildman–Crippen MR) is 137 cm³/mol. The molecule has 9 heteroatoms. The number of hydrogen-bond acceptors (Lipinski definition) is 5. The predicted octanol–water partition coefficient (Wildman–Crippen LogP) is 3.52. The average Bonchev–Trinajstić information content (AvgIpc) is 3.14. The van der Waals surface area contributed by atoms with Crippen LogP contribution in [0.5, 0.6) is 0 Å². The van der Waals surface area contributed by atoms with Crippen molar-refractivity contribution < 1.29 is 22.8 Å². The van der Waals surface area contributed by atoms with Crippen molar-refractivity contribution in [3.8, 4) is 0 Å². The number of aryl methyl sites for hydroxylation is 1. The summed E-state index contributed by atoms with van der Waals surface area (Å²) in [6.45, 7) is 3.28. The van der Waals surface area contributed by atoms with Gasteiger partial charge in [-0.05, 0) is 55.3 Å². The van der Waals surface area contributed by atoms with Crippen molar-refractivity contribution in [2.24, 2.45) is 0 Å². The molecule has 1 aliphatic rings. The largest absolute Gasteiger partial charge is 0.326 e. The van der Waals surface area contributed by atoms with Crippen LogP contribution >= 0.6 is 0 Å². The number of amides is 3. The van der Waals surface area contributed by atoms with Crippen LogP contribution in [0.1, 0.15) is 24.5 Å². The molecule has 0 bridgehead atoms. The summed E-state index contributed by atoms with van der Waals surface area (Å²) in [7, 11) is -4.15. The number of rotatable bonds is 8. The molecule has 4 rings (SSSR count). The van der Waals surface area contributed by atoms with E-state index in [-0.39, 0.29) is 23.8 Å². The lowest BCUT2D eigenvalue weighted by molar-refractivity contribution is -0.122. The molecule has 0 radical (unpaired) electrons. The summed E-state index contributed by atoms with van der Waals surface area (Å²) in [4.78, 5) is 38.7. The molecule has 3 aromatic rings. The molecule has 186 valence electrons. The van der Waals surface area contributed by atoms with Crippen molar-refractivity contribution in [3.63, 3.8) is 0 Å². The summed E-state index contributed by atoms with van der Waals surface area (Å²) < 4.78 is 28.7. The van der Waals surface area contributed by atoms with Gasteiger partial charge in [0.25, 0.3) is 5.91 Å². The molecule has 1 fully saturated rings. The van der Waals surface area contributed by atoms with Crippen LogP contribution in [0, 0.1) is 6.92 Å². The molecule has 0 aliphatic carbocycles. The van der Waals surface area contributed by atoms with Crippen LogP contribution in [0.3, 0.4) is 0 Å². The normalized spacial score (nSPS) is 16.0. The maximum atomic E-state index is 13.8. The number of benzene rings is 3. The summed E-state index contributed by atoms with van der Waals surface area (Å²) in [5, 5.41) is 2.60. The number of nitrogens with one attached hydrogen (secondary N) is 1. The van der Waals surface area contributed by atoms with E-state index in [0.29, 0.717) is 17.8 Å². The van der Waals surface area contributed by atoms with E-state index in [1.165, 1.54) is 31.2 Å². The van der Waals surface area contributed by atoms with Gasteiger partial charge in [-0.2, -0.15) is 4.31 Å². The molecule has 0 aromatic heterocycles. The second-order valence-corrected chi connectivity index (χ2v) is 10.6. The van der Waals surface area contributed by atoms with Gasteiger partial charge in [0.05, 0.1) is 17.0 Å². The first-order valence-electron chi connectivity index (χ1n) is 11.5. The van der Waals surface area contributed by atoms with E-state index in [0.717, 1.165) is 20.3 Å². The topological polar surface area (TPSA) is 104 Å². The highest BCUT2D eigenvalue weighted by atomic mass is 32.2. The first-order valence-corrected chi connectivity index (χ1v) is 13.0. The third kappa shape index (κ3) is 5.37. The molecule has 1 N–H and O–H groups in total. The SMILES string of the molecule is CC(=O)Nc1ccc(S(=O)(=O)N(CCc2ccccc2)C2CC(=O)N(c3ccc(C)cc3)C2=O)cc1. The summed E-state index contributed by atoms with van der Waals surface area (Å²) in [6.07, 6.45) is 0.122. The Labute approximate surface area is 210 Å². The number of nitrogens with zero attached hydrogens (tertiary/aromatic N) is 2. The fourth-order valence-electron chi connectivity index (χ4n) is 4.18. The van der Waals surface area contributed by atoms with E-state index < -0.39 is 27.9 Å². The zero-order valence-electron chi connectivity index (χ0n) is 20.0. The first-order chi connectivity index (χ1) is 17.2. The lowest BCUT2D eigenvalue weighted by Crippen LogP contribution is -2.46. The molecular formula is C27H27N3O5S. The standard InChI is InChI=1S/C27H27N3O5S/c1-19-8-12-23(13-9-19)30-26(32)18-25(27(30)33)29(17-16-21-6-4-3-5-7-21)36(34,35)24-14-10-22(11-15-24)28-20(2)31/h3-15,25H,16-18H2,1-2H3,(H,28,31). The van der Waals surface area contributed by atoms with E-state index in [9.17, 15) is 22.8 Å². The minimum absolute atomic E-state index is 0.0191. The highest BCUT2D eigenvalue weighted by Gasteiger charge is 2.46. The second-order valence-electron chi connectivity index (χ2n) is 8.68. The first kappa shape index (κ1) is 25.3. The van der Waals surface area contributed by atoms with Crippen molar-refractivity contribution in [1.29, 1.82) is 0 Å². The molecule has 1 unspecified atom stereocenters. The van der Waals surface area contributed by atoms with Gasteiger partial charge in [0.15, 0.2) is 0 Å². The van der Waals surface area contributed by atoms with Gasteiger partial charge in [0.2, 0.25) is 21.8 Å². The van der Waals surface area contributed by atoms with Crippen LogP contribution in [-0.4, -0.2) is 43.0 Å². The van der Waals surface area contributed by atoms with Crippen LogP contribution in [0.4, 0.5) is 11.4 Å².